The van der Waals surface area contributed by atoms with E-state index in [-0.39, 0.29) is 0 Å². The van der Waals surface area contributed by atoms with E-state index in [0.29, 0.717) is 11.1 Å². The average Bonchev–Trinajstić information content (AvgIpc) is 2.93. The molecule has 0 aliphatic heterocycles. The second-order valence-corrected chi connectivity index (χ2v) is 5.81. The Balaban J connectivity index is 2.25. The van der Waals surface area contributed by atoms with Crippen molar-refractivity contribution < 1.29 is 4.42 Å². The molecule has 23 heavy (non-hydrogen) atoms. The largest absolute Gasteiger partial charge is 0.464 e. The van der Waals surface area contributed by atoms with Gasteiger partial charge in [-0.3, -0.25) is 0 Å². The second kappa shape index (κ2) is 4.01. The molecule has 3 aliphatic rings. The number of hydrogen-bond donors (Lipinski definition) is 0. The van der Waals surface area contributed by atoms with Gasteiger partial charge in [-0.2, -0.15) is 21.0 Å². The van der Waals surface area contributed by atoms with E-state index in [9.17, 15) is 21.0 Å². The minimum atomic E-state index is -1.79. The molecule has 0 N–H and O–H groups in total. The molecule has 2 aromatic rings. The standard InChI is InChI=1S/C18H8N4O/c19-7-17(8-20)13-4-5-14(18(17,9-21)10-22)12-6-23-15-3-1-2-11(13)16(12)15/h1-6,13-14H/t13-,14+/m0/s1. The summed E-state index contributed by atoms with van der Waals surface area (Å²) in [5.74, 6) is -1.34. The Labute approximate surface area is 131 Å². The number of allylic oxidation sites excluding steroid dienone is 2. The lowest BCUT2D eigenvalue weighted by molar-refractivity contribution is 0.236. The van der Waals surface area contributed by atoms with E-state index in [4.69, 9.17) is 4.42 Å². The van der Waals surface area contributed by atoms with Gasteiger partial charge in [0.25, 0.3) is 0 Å². The molecule has 2 atom stereocenters. The Kier molecular flexibility index (Phi) is 2.29. The van der Waals surface area contributed by atoms with Gasteiger partial charge < -0.3 is 4.42 Å². The summed E-state index contributed by atoms with van der Waals surface area (Å²) in [5, 5.41) is 40.1. The van der Waals surface area contributed by atoms with Crippen LogP contribution >= 0.6 is 0 Å². The van der Waals surface area contributed by atoms with Crippen molar-refractivity contribution >= 4 is 11.0 Å². The molecule has 0 amide bonds. The number of fused-ring (bicyclic) bond motifs is 1. The number of hydrogen-bond acceptors (Lipinski definition) is 5. The predicted octanol–water partition coefficient (Wildman–Crippen LogP) is 3.25. The van der Waals surface area contributed by atoms with Crippen molar-refractivity contribution in [2.24, 2.45) is 10.8 Å². The molecule has 0 fully saturated rings. The lowest BCUT2D eigenvalue weighted by Gasteiger charge is -2.41. The fraction of sp³-hybridized carbons (Fsp3) is 0.222. The Bertz CT molecular complexity index is 1020. The SMILES string of the molecule is N#CC1(C#N)[C@@H]2C=C[C@@H](c3cccc4occ2c34)C1(C#N)C#N. The highest BCUT2D eigenvalue weighted by Gasteiger charge is 2.66. The molecule has 2 bridgehead atoms. The highest BCUT2D eigenvalue weighted by atomic mass is 16.3. The van der Waals surface area contributed by atoms with E-state index in [1.54, 1.807) is 24.3 Å². The Morgan fingerprint density at radius 2 is 1.39 bits per heavy atom. The summed E-state index contributed by atoms with van der Waals surface area (Å²) in [6.45, 7) is 0. The summed E-state index contributed by atoms with van der Waals surface area (Å²) < 4.78 is 5.57. The number of benzene rings is 1. The smallest absolute Gasteiger partial charge is 0.186 e. The van der Waals surface area contributed by atoms with Crippen LogP contribution in [0.4, 0.5) is 0 Å². The van der Waals surface area contributed by atoms with Crippen molar-refractivity contribution in [1.82, 2.24) is 0 Å². The third-order valence-electron chi connectivity index (χ3n) is 5.09. The van der Waals surface area contributed by atoms with Gasteiger partial charge in [0, 0.05) is 22.8 Å². The summed E-state index contributed by atoms with van der Waals surface area (Å²) in [4.78, 5) is 0. The van der Waals surface area contributed by atoms with Gasteiger partial charge in [0.1, 0.15) is 5.58 Å². The van der Waals surface area contributed by atoms with Gasteiger partial charge in [0.2, 0.25) is 0 Å². The molecular formula is C18H8N4O. The molecule has 1 heterocycles. The van der Waals surface area contributed by atoms with Crippen LogP contribution in [0.5, 0.6) is 0 Å². The van der Waals surface area contributed by atoms with Gasteiger partial charge in [0.15, 0.2) is 10.8 Å². The Hall–Kier alpha value is -3.54. The zero-order valence-corrected chi connectivity index (χ0v) is 11.8. The van der Waals surface area contributed by atoms with E-state index in [2.05, 4.69) is 0 Å². The van der Waals surface area contributed by atoms with Gasteiger partial charge in [0.05, 0.1) is 30.5 Å². The predicted molar refractivity (Wildman–Crippen MR) is 78.2 cm³/mol. The van der Waals surface area contributed by atoms with E-state index in [1.807, 2.05) is 30.3 Å². The molecule has 5 rings (SSSR count). The maximum Gasteiger partial charge on any atom is 0.186 e. The van der Waals surface area contributed by atoms with E-state index in [1.165, 1.54) is 6.26 Å². The molecule has 0 saturated heterocycles. The minimum Gasteiger partial charge on any atom is -0.464 e. The van der Waals surface area contributed by atoms with Crippen molar-refractivity contribution in [3.8, 4) is 24.3 Å². The molecule has 1 aromatic heterocycles. The highest BCUT2D eigenvalue weighted by molar-refractivity contribution is 5.88. The van der Waals surface area contributed by atoms with Crippen LogP contribution in [0.1, 0.15) is 23.0 Å². The zero-order valence-electron chi connectivity index (χ0n) is 11.8. The average molecular weight is 296 g/mol. The molecule has 5 heteroatoms. The van der Waals surface area contributed by atoms with Crippen LogP contribution in [0.25, 0.3) is 11.0 Å². The van der Waals surface area contributed by atoms with Crippen molar-refractivity contribution in [3.63, 3.8) is 0 Å². The van der Waals surface area contributed by atoms with Gasteiger partial charge >= 0.3 is 0 Å². The van der Waals surface area contributed by atoms with E-state index < -0.39 is 22.7 Å². The van der Waals surface area contributed by atoms with Crippen molar-refractivity contribution in [3.05, 3.63) is 47.7 Å². The zero-order chi connectivity index (χ0) is 16.2. The molecule has 1 aromatic carbocycles. The lowest BCUT2D eigenvalue weighted by Crippen LogP contribution is -2.47. The first-order chi connectivity index (χ1) is 11.2. The molecular weight excluding hydrogens is 288 g/mol. The van der Waals surface area contributed by atoms with Gasteiger partial charge in [-0.25, -0.2) is 0 Å². The van der Waals surface area contributed by atoms with Crippen LogP contribution in [0.2, 0.25) is 0 Å². The summed E-state index contributed by atoms with van der Waals surface area (Å²) in [5.41, 5.74) is -1.49. The summed E-state index contributed by atoms with van der Waals surface area (Å²) in [6, 6.07) is 13.4. The van der Waals surface area contributed by atoms with Gasteiger partial charge in [-0.05, 0) is 11.6 Å². The molecule has 3 aliphatic carbocycles. The summed E-state index contributed by atoms with van der Waals surface area (Å²) in [6.07, 6.45) is 5.06. The quantitative estimate of drug-likeness (QED) is 0.693. The van der Waals surface area contributed by atoms with Gasteiger partial charge in [-0.15, -0.1) is 0 Å². The van der Waals surface area contributed by atoms with Crippen molar-refractivity contribution in [2.45, 2.75) is 11.8 Å². The van der Waals surface area contributed by atoms with Crippen LogP contribution in [0.3, 0.4) is 0 Å². The normalized spacial score (nSPS) is 24.9. The first kappa shape index (κ1) is 13.1. The maximum absolute atomic E-state index is 9.83. The molecule has 0 radical (unpaired) electrons. The van der Waals surface area contributed by atoms with Crippen LogP contribution in [0.15, 0.2) is 41.0 Å². The fourth-order valence-corrected chi connectivity index (χ4v) is 3.99. The first-order valence-electron chi connectivity index (χ1n) is 7.02. The Morgan fingerprint density at radius 3 is 1.96 bits per heavy atom. The lowest BCUT2D eigenvalue weighted by atomic mass is 9.51. The van der Waals surface area contributed by atoms with E-state index in [0.717, 1.165) is 10.9 Å². The summed E-state index contributed by atoms with van der Waals surface area (Å²) >= 11 is 0. The minimum absolute atomic E-state index is 0.632. The number of furan rings is 1. The number of nitriles is 4. The van der Waals surface area contributed by atoms with Crippen LogP contribution in [-0.4, -0.2) is 0 Å². The highest BCUT2D eigenvalue weighted by Crippen LogP contribution is 2.63. The topological polar surface area (TPSA) is 108 Å². The third kappa shape index (κ3) is 1.17. The monoisotopic (exact) mass is 296 g/mol. The van der Waals surface area contributed by atoms with Crippen LogP contribution in [-0.2, 0) is 0 Å². The molecule has 0 unspecified atom stereocenters. The number of nitrogens with zero attached hydrogens (tertiary/aromatic N) is 4. The fourth-order valence-electron chi connectivity index (χ4n) is 3.99. The first-order valence-corrected chi connectivity index (χ1v) is 7.02. The molecule has 0 spiro atoms. The molecule has 5 nitrogen and oxygen atoms in total. The van der Waals surface area contributed by atoms with Crippen molar-refractivity contribution in [2.75, 3.05) is 0 Å². The summed E-state index contributed by atoms with van der Waals surface area (Å²) in [7, 11) is 0. The third-order valence-corrected chi connectivity index (χ3v) is 5.09. The van der Waals surface area contributed by atoms with Crippen LogP contribution < -0.4 is 0 Å². The second-order valence-electron chi connectivity index (χ2n) is 5.81. The maximum atomic E-state index is 9.83. The molecule has 0 saturated carbocycles. The molecule has 106 valence electrons. The number of rotatable bonds is 0. The van der Waals surface area contributed by atoms with Crippen molar-refractivity contribution in [1.29, 1.82) is 21.0 Å². The van der Waals surface area contributed by atoms with E-state index >= 15 is 0 Å². The Morgan fingerprint density at radius 1 is 0.826 bits per heavy atom. The van der Waals surface area contributed by atoms with Crippen LogP contribution in [0, 0.1) is 56.2 Å². The van der Waals surface area contributed by atoms with Gasteiger partial charge in [-0.1, -0.05) is 24.3 Å².